The molecule has 0 radical (unpaired) electrons. The lowest BCUT2D eigenvalue weighted by Gasteiger charge is -2.20. The zero-order valence-corrected chi connectivity index (χ0v) is 17.5. The van der Waals surface area contributed by atoms with E-state index in [0.717, 1.165) is 0 Å². The molecule has 0 spiro atoms. The molecule has 0 atom stereocenters. The van der Waals surface area contributed by atoms with Crippen molar-refractivity contribution < 1.29 is 17.9 Å². The molecule has 0 aliphatic rings. The van der Waals surface area contributed by atoms with Gasteiger partial charge >= 0.3 is 0 Å². The van der Waals surface area contributed by atoms with Gasteiger partial charge in [0.05, 0.1) is 17.2 Å². The van der Waals surface area contributed by atoms with Gasteiger partial charge in [0.15, 0.2) is 0 Å². The third-order valence-corrected chi connectivity index (χ3v) is 6.74. The first-order chi connectivity index (χ1) is 12.7. The maximum atomic E-state index is 12.9. The highest BCUT2D eigenvalue weighted by molar-refractivity contribution is 7.89. The number of carbonyl (C=O) groups is 1. The van der Waals surface area contributed by atoms with Crippen LogP contribution in [0.3, 0.4) is 0 Å². The minimum atomic E-state index is -3.80. The molecule has 0 fully saturated rings. The van der Waals surface area contributed by atoms with Gasteiger partial charge in [-0.25, -0.2) is 8.42 Å². The third kappa shape index (κ3) is 4.73. The van der Waals surface area contributed by atoms with Crippen LogP contribution in [0.5, 0.6) is 5.75 Å². The molecule has 0 saturated heterocycles. The Morgan fingerprint density at radius 2 is 1.74 bits per heavy atom. The van der Waals surface area contributed by atoms with E-state index in [-0.39, 0.29) is 16.2 Å². The monoisotopic (exact) mass is 430 g/mol. The Hall–Kier alpha value is -1.80. The van der Waals surface area contributed by atoms with Crippen LogP contribution < -0.4 is 10.1 Å². The average molecular weight is 431 g/mol. The number of nitrogens with zero attached hydrogens (tertiary/aromatic N) is 1. The topological polar surface area (TPSA) is 75.7 Å². The summed E-state index contributed by atoms with van der Waals surface area (Å²) < 4.78 is 32.2. The maximum Gasteiger partial charge on any atom is 0.255 e. The summed E-state index contributed by atoms with van der Waals surface area (Å²) in [5.41, 5.74) is 0.617. The van der Waals surface area contributed by atoms with E-state index in [1.54, 1.807) is 26.0 Å². The fourth-order valence-corrected chi connectivity index (χ4v) is 4.44. The molecule has 0 aromatic heterocycles. The molecule has 0 aliphatic heterocycles. The Kier molecular flexibility index (Phi) is 7.11. The number of hydrogen-bond acceptors (Lipinski definition) is 4. The number of amides is 1. The van der Waals surface area contributed by atoms with Crippen molar-refractivity contribution in [3.8, 4) is 5.75 Å². The Morgan fingerprint density at radius 1 is 1.07 bits per heavy atom. The van der Waals surface area contributed by atoms with Gasteiger partial charge in [0.2, 0.25) is 10.0 Å². The predicted octanol–water partition coefficient (Wildman–Crippen LogP) is 4.28. The molecule has 0 unspecified atom stereocenters. The molecule has 2 aromatic rings. The van der Waals surface area contributed by atoms with Gasteiger partial charge in [-0.1, -0.05) is 37.0 Å². The first kappa shape index (κ1) is 21.5. The molecule has 27 heavy (non-hydrogen) atoms. The molecule has 9 heteroatoms. The van der Waals surface area contributed by atoms with Crippen molar-refractivity contribution in [2.45, 2.75) is 18.7 Å². The van der Waals surface area contributed by atoms with Crippen LogP contribution in [0.2, 0.25) is 10.0 Å². The van der Waals surface area contributed by atoms with E-state index in [9.17, 15) is 13.2 Å². The maximum absolute atomic E-state index is 12.9. The normalized spacial score (nSPS) is 11.5. The first-order valence-electron chi connectivity index (χ1n) is 8.19. The zero-order chi connectivity index (χ0) is 20.2. The molecule has 1 amide bonds. The van der Waals surface area contributed by atoms with E-state index < -0.39 is 15.9 Å². The second-order valence-electron chi connectivity index (χ2n) is 5.54. The van der Waals surface area contributed by atoms with Crippen molar-refractivity contribution in [2.24, 2.45) is 0 Å². The van der Waals surface area contributed by atoms with Crippen LogP contribution in [-0.2, 0) is 10.0 Å². The van der Waals surface area contributed by atoms with Crippen molar-refractivity contribution in [2.75, 3.05) is 25.5 Å². The smallest absolute Gasteiger partial charge is 0.255 e. The largest absolute Gasteiger partial charge is 0.495 e. The molecule has 146 valence electrons. The minimum Gasteiger partial charge on any atom is -0.495 e. The minimum absolute atomic E-state index is 0.0597. The Balaban J connectivity index is 2.41. The summed E-state index contributed by atoms with van der Waals surface area (Å²) in [6.07, 6.45) is 0. The van der Waals surface area contributed by atoms with E-state index in [0.29, 0.717) is 28.8 Å². The van der Waals surface area contributed by atoms with Gasteiger partial charge in [0.1, 0.15) is 10.6 Å². The summed E-state index contributed by atoms with van der Waals surface area (Å²) in [7, 11) is -2.41. The van der Waals surface area contributed by atoms with Gasteiger partial charge < -0.3 is 10.1 Å². The lowest BCUT2D eigenvalue weighted by Crippen LogP contribution is -2.31. The summed E-state index contributed by atoms with van der Waals surface area (Å²) in [4.78, 5) is 12.5. The van der Waals surface area contributed by atoms with Crippen molar-refractivity contribution in [1.82, 2.24) is 4.31 Å². The SMILES string of the molecule is CCN(CC)S(=O)(=O)c1cc(C(=O)Nc2ccc(Cl)c(Cl)c2)ccc1OC. The van der Waals surface area contributed by atoms with Crippen LogP contribution in [0, 0.1) is 0 Å². The van der Waals surface area contributed by atoms with E-state index in [1.807, 2.05) is 0 Å². The van der Waals surface area contributed by atoms with Crippen LogP contribution in [0.15, 0.2) is 41.3 Å². The van der Waals surface area contributed by atoms with Gasteiger partial charge in [-0.05, 0) is 36.4 Å². The highest BCUT2D eigenvalue weighted by Crippen LogP contribution is 2.29. The van der Waals surface area contributed by atoms with Gasteiger partial charge in [-0.2, -0.15) is 4.31 Å². The second-order valence-corrected chi connectivity index (χ2v) is 8.26. The number of hydrogen-bond donors (Lipinski definition) is 1. The number of rotatable bonds is 7. The molecule has 1 N–H and O–H groups in total. The van der Waals surface area contributed by atoms with Crippen LogP contribution in [0.4, 0.5) is 5.69 Å². The van der Waals surface area contributed by atoms with Crippen LogP contribution in [-0.4, -0.2) is 38.8 Å². The van der Waals surface area contributed by atoms with Crippen LogP contribution >= 0.6 is 23.2 Å². The molecule has 0 bridgehead atoms. The quantitative estimate of drug-likeness (QED) is 0.710. The fourth-order valence-electron chi connectivity index (χ4n) is 2.50. The third-order valence-electron chi connectivity index (χ3n) is 3.93. The average Bonchev–Trinajstić information content (AvgIpc) is 2.65. The van der Waals surface area contributed by atoms with Crippen molar-refractivity contribution in [1.29, 1.82) is 0 Å². The van der Waals surface area contributed by atoms with E-state index >= 15 is 0 Å². The molecule has 2 aromatic carbocycles. The number of nitrogens with one attached hydrogen (secondary N) is 1. The number of halogens is 2. The van der Waals surface area contributed by atoms with Crippen LogP contribution in [0.1, 0.15) is 24.2 Å². The van der Waals surface area contributed by atoms with E-state index in [4.69, 9.17) is 27.9 Å². The van der Waals surface area contributed by atoms with E-state index in [1.165, 1.54) is 35.7 Å². The predicted molar refractivity (Wildman–Crippen MR) is 108 cm³/mol. The van der Waals surface area contributed by atoms with Gasteiger partial charge in [0.25, 0.3) is 5.91 Å². The Morgan fingerprint density at radius 3 is 2.30 bits per heavy atom. The summed E-state index contributed by atoms with van der Waals surface area (Å²) in [5.74, 6) is -0.306. The van der Waals surface area contributed by atoms with Crippen molar-refractivity contribution in [3.05, 3.63) is 52.0 Å². The molecular weight excluding hydrogens is 411 g/mol. The van der Waals surface area contributed by atoms with Crippen molar-refractivity contribution >= 4 is 44.8 Å². The number of benzene rings is 2. The second kappa shape index (κ2) is 8.93. The molecule has 0 aliphatic carbocycles. The van der Waals surface area contributed by atoms with Crippen LogP contribution in [0.25, 0.3) is 0 Å². The van der Waals surface area contributed by atoms with Gasteiger partial charge in [0, 0.05) is 24.3 Å². The summed E-state index contributed by atoms with van der Waals surface area (Å²) in [6, 6.07) is 8.93. The lowest BCUT2D eigenvalue weighted by atomic mass is 10.2. The standard InChI is InChI=1S/C18H20Cl2N2O4S/c1-4-22(5-2)27(24,25)17-10-12(6-9-16(17)26-3)18(23)21-13-7-8-14(19)15(20)11-13/h6-11H,4-5H2,1-3H3,(H,21,23). The van der Waals surface area contributed by atoms with Gasteiger partial charge in [-0.3, -0.25) is 4.79 Å². The Labute approximate surface area is 169 Å². The molecular formula is C18H20Cl2N2O4S. The van der Waals surface area contributed by atoms with Crippen molar-refractivity contribution in [3.63, 3.8) is 0 Å². The molecule has 6 nitrogen and oxygen atoms in total. The molecule has 2 rings (SSSR count). The highest BCUT2D eigenvalue weighted by atomic mass is 35.5. The highest BCUT2D eigenvalue weighted by Gasteiger charge is 2.26. The number of anilines is 1. The Bertz CT molecular complexity index is 944. The summed E-state index contributed by atoms with van der Waals surface area (Å²) in [6.45, 7) is 4.10. The number of ether oxygens (including phenoxy) is 1. The summed E-state index contributed by atoms with van der Waals surface area (Å²) in [5, 5.41) is 3.34. The summed E-state index contributed by atoms with van der Waals surface area (Å²) >= 11 is 11.8. The number of methoxy groups -OCH3 is 1. The number of carbonyl (C=O) groups excluding carboxylic acids is 1. The zero-order valence-electron chi connectivity index (χ0n) is 15.1. The van der Waals surface area contributed by atoms with Gasteiger partial charge in [-0.15, -0.1) is 0 Å². The molecule has 0 heterocycles. The first-order valence-corrected chi connectivity index (χ1v) is 10.4. The lowest BCUT2D eigenvalue weighted by molar-refractivity contribution is 0.102. The van der Waals surface area contributed by atoms with E-state index in [2.05, 4.69) is 5.32 Å². The number of sulfonamides is 1. The fraction of sp³-hybridized carbons (Fsp3) is 0.278. The molecule has 0 saturated carbocycles.